The van der Waals surface area contributed by atoms with Gasteiger partial charge < -0.3 is 10.1 Å². The smallest absolute Gasteiger partial charge is 0.416 e. The number of hydrogen-bond acceptors (Lipinski definition) is 5. The molecule has 1 fully saturated rings. The van der Waals surface area contributed by atoms with Crippen molar-refractivity contribution in [3.63, 3.8) is 0 Å². The molecule has 176 valence electrons. The Kier molecular flexibility index (Phi) is 6.67. The van der Waals surface area contributed by atoms with Gasteiger partial charge >= 0.3 is 12.3 Å². The summed E-state index contributed by atoms with van der Waals surface area (Å²) in [6, 6.07) is 5.58. The fourth-order valence-corrected chi connectivity index (χ4v) is 3.45. The lowest BCUT2D eigenvalue weighted by atomic mass is 10.2. The van der Waals surface area contributed by atoms with E-state index in [0.717, 1.165) is 12.1 Å². The third kappa shape index (κ3) is 5.83. The molecule has 0 aliphatic carbocycles. The van der Waals surface area contributed by atoms with Gasteiger partial charge in [0.1, 0.15) is 17.7 Å². The second kappa shape index (κ2) is 9.13. The predicted octanol–water partition coefficient (Wildman–Crippen LogP) is 3.78. The number of rotatable bonds is 4. The molecule has 1 aliphatic rings. The zero-order valence-corrected chi connectivity index (χ0v) is 18.4. The van der Waals surface area contributed by atoms with Gasteiger partial charge in [0.25, 0.3) is 0 Å². The molecule has 33 heavy (non-hydrogen) atoms. The van der Waals surface area contributed by atoms with Gasteiger partial charge in [0.05, 0.1) is 11.3 Å². The molecular weight excluding hydrogens is 439 g/mol. The van der Waals surface area contributed by atoms with Crippen LogP contribution < -0.4 is 5.32 Å². The number of amides is 2. The molecule has 0 radical (unpaired) electrons. The van der Waals surface area contributed by atoms with Gasteiger partial charge in [0.15, 0.2) is 5.69 Å². The second-order valence-corrected chi connectivity index (χ2v) is 8.65. The van der Waals surface area contributed by atoms with E-state index >= 15 is 0 Å². The van der Waals surface area contributed by atoms with Gasteiger partial charge in [0.2, 0.25) is 5.91 Å². The Labute approximate surface area is 188 Å². The lowest BCUT2D eigenvalue weighted by molar-refractivity contribution is -0.137. The molecule has 1 N–H and O–H groups in total. The summed E-state index contributed by atoms with van der Waals surface area (Å²) in [5.41, 5.74) is -0.713. The van der Waals surface area contributed by atoms with Crippen LogP contribution in [0.15, 0.2) is 30.5 Å². The minimum Gasteiger partial charge on any atom is -0.444 e. The van der Waals surface area contributed by atoms with Crippen molar-refractivity contribution in [1.82, 2.24) is 20.0 Å². The van der Waals surface area contributed by atoms with Crippen LogP contribution in [0.1, 0.15) is 50.4 Å². The number of hydrogen-bond donors (Lipinski definition) is 1. The molecule has 0 saturated carbocycles. The minimum atomic E-state index is -4.46. The highest BCUT2D eigenvalue weighted by Crippen LogP contribution is 2.29. The fourth-order valence-electron chi connectivity index (χ4n) is 3.45. The Morgan fingerprint density at radius 1 is 1.24 bits per heavy atom. The van der Waals surface area contributed by atoms with E-state index in [0.29, 0.717) is 30.6 Å². The molecule has 1 aromatic carbocycles. The Hall–Kier alpha value is -3.55. The average molecular weight is 463 g/mol. The molecule has 11 heteroatoms. The summed E-state index contributed by atoms with van der Waals surface area (Å²) >= 11 is 0. The molecule has 2 aromatic rings. The fraction of sp³-hybridized carbons (Fsp3) is 0.455. The molecule has 1 aromatic heterocycles. The van der Waals surface area contributed by atoms with E-state index < -0.39 is 29.5 Å². The number of halogens is 3. The van der Waals surface area contributed by atoms with Gasteiger partial charge in [0, 0.05) is 24.8 Å². The van der Waals surface area contributed by atoms with Crippen molar-refractivity contribution in [1.29, 1.82) is 5.26 Å². The number of carbonyl (C=O) groups excluding carboxylic acids is 2. The monoisotopic (exact) mass is 463 g/mol. The van der Waals surface area contributed by atoms with E-state index in [2.05, 4.69) is 10.4 Å². The zero-order chi connectivity index (χ0) is 24.4. The summed E-state index contributed by atoms with van der Waals surface area (Å²) in [7, 11) is 0. The van der Waals surface area contributed by atoms with Crippen LogP contribution >= 0.6 is 0 Å². The number of nitriles is 1. The van der Waals surface area contributed by atoms with Gasteiger partial charge in [-0.05, 0) is 57.9 Å². The Balaban J connectivity index is 1.69. The number of benzene rings is 1. The van der Waals surface area contributed by atoms with Crippen molar-refractivity contribution in [3.8, 4) is 11.8 Å². The van der Waals surface area contributed by atoms with Gasteiger partial charge in [-0.25, -0.2) is 9.48 Å². The predicted molar refractivity (Wildman–Crippen MR) is 111 cm³/mol. The lowest BCUT2D eigenvalue weighted by Crippen LogP contribution is -2.47. The van der Waals surface area contributed by atoms with Crippen molar-refractivity contribution < 1.29 is 27.5 Å². The number of aromatic nitrogens is 2. The summed E-state index contributed by atoms with van der Waals surface area (Å²) < 4.78 is 45.0. The van der Waals surface area contributed by atoms with Crippen LogP contribution in [0.3, 0.4) is 0 Å². The van der Waals surface area contributed by atoms with E-state index in [1.165, 1.54) is 27.9 Å². The summed E-state index contributed by atoms with van der Waals surface area (Å²) in [4.78, 5) is 26.5. The van der Waals surface area contributed by atoms with Gasteiger partial charge in [-0.15, -0.1) is 0 Å². The van der Waals surface area contributed by atoms with Crippen molar-refractivity contribution in [2.45, 2.75) is 58.0 Å². The van der Waals surface area contributed by atoms with Crippen LogP contribution in [0.4, 0.5) is 18.0 Å². The number of carbonyl (C=O) groups is 2. The zero-order valence-electron chi connectivity index (χ0n) is 18.4. The Morgan fingerprint density at radius 2 is 1.91 bits per heavy atom. The van der Waals surface area contributed by atoms with Crippen LogP contribution in [0.2, 0.25) is 0 Å². The van der Waals surface area contributed by atoms with E-state index in [4.69, 9.17) is 4.74 Å². The summed E-state index contributed by atoms with van der Waals surface area (Å²) in [5, 5.41) is 16.2. The topological polar surface area (TPSA) is 100 Å². The number of alkyl halides is 3. The highest BCUT2D eigenvalue weighted by molar-refractivity contribution is 5.86. The van der Waals surface area contributed by atoms with Gasteiger partial charge in [-0.1, -0.05) is 0 Å². The first-order chi connectivity index (χ1) is 15.4. The van der Waals surface area contributed by atoms with Gasteiger partial charge in [-0.2, -0.15) is 23.5 Å². The largest absolute Gasteiger partial charge is 0.444 e. The van der Waals surface area contributed by atoms with Crippen molar-refractivity contribution in [2.75, 3.05) is 6.54 Å². The highest BCUT2D eigenvalue weighted by Gasteiger charge is 2.36. The third-order valence-electron chi connectivity index (χ3n) is 4.99. The maximum atomic E-state index is 12.8. The first-order valence-electron chi connectivity index (χ1n) is 10.3. The van der Waals surface area contributed by atoms with Crippen molar-refractivity contribution >= 4 is 12.0 Å². The molecule has 1 unspecified atom stereocenters. The summed E-state index contributed by atoms with van der Waals surface area (Å²) in [6.07, 6.45) is -2.40. The third-order valence-corrected chi connectivity index (χ3v) is 4.99. The molecule has 8 nitrogen and oxygen atoms in total. The standard InChI is InChI=1S/C22H24F3N5O3/c1-21(2,3)33-20(32)29-10-4-5-18(29)19(31)27-12-14-13-30(28-17(14)11-26)16-8-6-15(7-9-16)22(23,24)25/h6-9,13,18H,4-5,10,12H2,1-3H3,(H,27,31). The molecule has 0 spiro atoms. The molecule has 1 aliphatic heterocycles. The summed E-state index contributed by atoms with van der Waals surface area (Å²) in [6.45, 7) is 5.61. The number of ether oxygens (including phenoxy) is 1. The van der Waals surface area contributed by atoms with Crippen LogP contribution in [0, 0.1) is 11.3 Å². The number of nitrogens with one attached hydrogen (secondary N) is 1. The normalized spacial score (nSPS) is 16.4. The van der Waals surface area contributed by atoms with Crippen LogP contribution in [-0.4, -0.2) is 44.9 Å². The Bertz CT molecular complexity index is 1060. The average Bonchev–Trinajstić information content (AvgIpc) is 3.37. The van der Waals surface area contributed by atoms with Crippen LogP contribution in [0.5, 0.6) is 0 Å². The molecule has 1 saturated heterocycles. The summed E-state index contributed by atoms with van der Waals surface area (Å²) in [5.74, 6) is -0.385. The molecule has 2 heterocycles. The molecular formula is C22H24F3N5O3. The molecule has 3 rings (SSSR count). The maximum absolute atomic E-state index is 12.8. The van der Waals surface area contributed by atoms with Crippen molar-refractivity contribution in [3.05, 3.63) is 47.3 Å². The minimum absolute atomic E-state index is 0.0268. The number of nitrogens with zero attached hydrogens (tertiary/aromatic N) is 4. The van der Waals surface area contributed by atoms with E-state index in [9.17, 15) is 28.0 Å². The first kappa shape index (κ1) is 24.1. The number of likely N-dealkylation sites (tertiary alicyclic amines) is 1. The highest BCUT2D eigenvalue weighted by atomic mass is 19.4. The van der Waals surface area contributed by atoms with Crippen molar-refractivity contribution in [2.24, 2.45) is 0 Å². The first-order valence-corrected chi connectivity index (χ1v) is 10.3. The SMILES string of the molecule is CC(C)(C)OC(=O)N1CCCC1C(=O)NCc1cn(-c2ccc(C(F)(F)F)cc2)nc1C#N. The second-order valence-electron chi connectivity index (χ2n) is 8.65. The van der Waals surface area contributed by atoms with E-state index in [-0.39, 0.29) is 18.1 Å². The molecule has 0 bridgehead atoms. The molecule has 2 amide bonds. The quantitative estimate of drug-likeness (QED) is 0.744. The maximum Gasteiger partial charge on any atom is 0.416 e. The van der Waals surface area contributed by atoms with E-state index in [1.54, 1.807) is 20.8 Å². The Morgan fingerprint density at radius 3 is 2.48 bits per heavy atom. The van der Waals surface area contributed by atoms with E-state index in [1.807, 2.05) is 6.07 Å². The van der Waals surface area contributed by atoms with Crippen LogP contribution in [0.25, 0.3) is 5.69 Å². The lowest BCUT2D eigenvalue weighted by Gasteiger charge is -2.28. The van der Waals surface area contributed by atoms with Crippen LogP contribution in [-0.2, 0) is 22.3 Å². The van der Waals surface area contributed by atoms with Gasteiger partial charge in [-0.3, -0.25) is 9.69 Å². The molecule has 1 atom stereocenters.